The highest BCUT2D eigenvalue weighted by Crippen LogP contribution is 2.28. The molecule has 1 aliphatic rings. The third-order valence-electron chi connectivity index (χ3n) is 6.04. The van der Waals surface area contributed by atoms with E-state index in [9.17, 15) is 0 Å². The van der Waals surface area contributed by atoms with Crippen molar-refractivity contribution in [3.05, 3.63) is 71.3 Å². The van der Waals surface area contributed by atoms with Crippen LogP contribution in [0.15, 0.2) is 54.6 Å². The highest BCUT2D eigenvalue weighted by Gasteiger charge is 2.26. The molecule has 3 unspecified atom stereocenters. The van der Waals surface area contributed by atoms with Crippen molar-refractivity contribution in [2.24, 2.45) is 0 Å². The second-order valence-corrected chi connectivity index (χ2v) is 8.26. The van der Waals surface area contributed by atoms with Crippen molar-refractivity contribution in [3.8, 4) is 0 Å². The highest BCUT2D eigenvalue weighted by molar-refractivity contribution is 5.35. The van der Waals surface area contributed by atoms with Crippen LogP contribution in [0.2, 0.25) is 0 Å². The molecule has 0 spiro atoms. The summed E-state index contributed by atoms with van der Waals surface area (Å²) in [5.74, 6) is 0. The molecule has 0 amide bonds. The summed E-state index contributed by atoms with van der Waals surface area (Å²) >= 11 is 0. The van der Waals surface area contributed by atoms with E-state index in [-0.39, 0.29) is 6.10 Å². The van der Waals surface area contributed by atoms with E-state index in [1.165, 1.54) is 16.7 Å². The van der Waals surface area contributed by atoms with Gasteiger partial charge in [0.05, 0.1) is 19.8 Å². The summed E-state index contributed by atoms with van der Waals surface area (Å²) in [6, 6.07) is 20.1. The van der Waals surface area contributed by atoms with Crippen molar-refractivity contribution in [1.82, 2.24) is 9.80 Å². The number of hydrogen-bond donors (Lipinski definition) is 0. The molecule has 3 atom stereocenters. The zero-order chi connectivity index (χ0) is 20.6. The lowest BCUT2D eigenvalue weighted by Crippen LogP contribution is -2.55. The van der Waals surface area contributed by atoms with Crippen LogP contribution in [0, 0.1) is 6.92 Å². The topological polar surface area (TPSA) is 24.9 Å². The summed E-state index contributed by atoms with van der Waals surface area (Å²) in [6.45, 7) is 11.9. The van der Waals surface area contributed by atoms with Crippen LogP contribution in [-0.4, -0.2) is 68.4 Å². The smallest absolute Gasteiger partial charge is 0.108 e. The monoisotopic (exact) mass is 396 g/mol. The summed E-state index contributed by atoms with van der Waals surface area (Å²) in [5.41, 5.74) is 3.65. The molecule has 1 fully saturated rings. The predicted octanol–water partition coefficient (Wildman–Crippen LogP) is 4.14. The normalized spacial score (nSPS) is 21.9. The fraction of sp³-hybridized carbons (Fsp3) is 0.520. The largest absolute Gasteiger partial charge is 0.378 e. The van der Waals surface area contributed by atoms with E-state index in [4.69, 9.17) is 9.47 Å². The Morgan fingerprint density at radius 1 is 0.897 bits per heavy atom. The Kier molecular flexibility index (Phi) is 8.25. The first-order valence-corrected chi connectivity index (χ1v) is 10.8. The Bertz CT molecular complexity index is 737. The third kappa shape index (κ3) is 6.13. The molecule has 2 aromatic rings. The van der Waals surface area contributed by atoms with Gasteiger partial charge < -0.3 is 14.4 Å². The molecule has 0 bridgehead atoms. The van der Waals surface area contributed by atoms with Crippen molar-refractivity contribution in [2.75, 3.05) is 46.5 Å². The van der Waals surface area contributed by atoms with Gasteiger partial charge in [-0.15, -0.1) is 0 Å². The van der Waals surface area contributed by atoms with Gasteiger partial charge in [-0.3, -0.25) is 4.90 Å². The van der Waals surface area contributed by atoms with E-state index < -0.39 is 0 Å². The number of benzene rings is 2. The van der Waals surface area contributed by atoms with Crippen molar-refractivity contribution in [3.63, 3.8) is 0 Å². The van der Waals surface area contributed by atoms with Crippen LogP contribution >= 0.6 is 0 Å². The molecule has 29 heavy (non-hydrogen) atoms. The average molecular weight is 397 g/mol. The Hall–Kier alpha value is -1.72. The van der Waals surface area contributed by atoms with Gasteiger partial charge in [0.15, 0.2) is 0 Å². The Morgan fingerprint density at radius 3 is 2.38 bits per heavy atom. The Morgan fingerprint density at radius 2 is 1.62 bits per heavy atom. The summed E-state index contributed by atoms with van der Waals surface area (Å²) in [6.07, 6.45) is -0.0560. The molecule has 0 radical (unpaired) electrons. The van der Waals surface area contributed by atoms with Gasteiger partial charge in [-0.2, -0.15) is 0 Å². The predicted molar refractivity (Wildman–Crippen MR) is 119 cm³/mol. The molecule has 4 nitrogen and oxygen atoms in total. The van der Waals surface area contributed by atoms with Crippen LogP contribution in [0.4, 0.5) is 0 Å². The first-order valence-electron chi connectivity index (χ1n) is 10.8. The Labute approximate surface area is 176 Å². The molecule has 2 aromatic carbocycles. The molecule has 0 N–H and O–H groups in total. The molecule has 1 saturated heterocycles. The van der Waals surface area contributed by atoms with E-state index in [1.54, 1.807) is 0 Å². The molecular weight excluding hydrogens is 360 g/mol. The number of hydrogen-bond acceptors (Lipinski definition) is 4. The van der Waals surface area contributed by atoms with Gasteiger partial charge in [0.1, 0.15) is 6.10 Å². The van der Waals surface area contributed by atoms with Crippen LogP contribution in [0.1, 0.15) is 36.6 Å². The average Bonchev–Trinajstić information content (AvgIpc) is 2.72. The number of ether oxygens (including phenoxy) is 2. The second-order valence-electron chi connectivity index (χ2n) is 8.26. The van der Waals surface area contributed by atoms with Crippen LogP contribution in [0.3, 0.4) is 0 Å². The van der Waals surface area contributed by atoms with E-state index in [0.717, 1.165) is 26.2 Å². The van der Waals surface area contributed by atoms with Gasteiger partial charge in [-0.05, 0) is 44.5 Å². The fourth-order valence-corrected chi connectivity index (χ4v) is 4.07. The minimum absolute atomic E-state index is 0.0560. The summed E-state index contributed by atoms with van der Waals surface area (Å²) in [7, 11) is 2.21. The van der Waals surface area contributed by atoms with Crippen molar-refractivity contribution in [2.45, 2.75) is 39.0 Å². The van der Waals surface area contributed by atoms with Crippen LogP contribution in [-0.2, 0) is 9.47 Å². The molecule has 0 saturated carbocycles. The first kappa shape index (κ1) is 22.0. The van der Waals surface area contributed by atoms with Gasteiger partial charge in [0.2, 0.25) is 0 Å². The fourth-order valence-electron chi connectivity index (χ4n) is 4.07. The van der Waals surface area contributed by atoms with Gasteiger partial charge in [0.25, 0.3) is 0 Å². The molecule has 0 aromatic heterocycles. The number of nitrogens with zero attached hydrogens (tertiary/aromatic N) is 2. The maximum atomic E-state index is 6.29. The van der Waals surface area contributed by atoms with Gasteiger partial charge >= 0.3 is 0 Å². The number of likely N-dealkylation sites (N-methyl/N-ethyl adjacent to an activating group) is 1. The molecule has 0 aliphatic carbocycles. The Balaban J connectivity index is 1.47. The molecule has 4 heteroatoms. The van der Waals surface area contributed by atoms with Gasteiger partial charge in [0, 0.05) is 31.7 Å². The summed E-state index contributed by atoms with van der Waals surface area (Å²) < 4.78 is 12.2. The lowest BCUT2D eigenvalue weighted by Gasteiger charge is -2.42. The van der Waals surface area contributed by atoms with Gasteiger partial charge in [-0.1, -0.05) is 54.6 Å². The first-order chi connectivity index (χ1) is 14.1. The van der Waals surface area contributed by atoms with E-state index in [0.29, 0.717) is 25.3 Å². The molecule has 158 valence electrons. The van der Waals surface area contributed by atoms with Crippen molar-refractivity contribution < 1.29 is 9.47 Å². The quantitative estimate of drug-likeness (QED) is 0.595. The minimum Gasteiger partial charge on any atom is -0.378 e. The molecule has 1 heterocycles. The van der Waals surface area contributed by atoms with E-state index in [2.05, 4.69) is 86.1 Å². The van der Waals surface area contributed by atoms with E-state index >= 15 is 0 Å². The van der Waals surface area contributed by atoms with E-state index in [1.807, 2.05) is 6.07 Å². The van der Waals surface area contributed by atoms with Crippen LogP contribution in [0.5, 0.6) is 0 Å². The number of piperazine rings is 1. The van der Waals surface area contributed by atoms with Crippen LogP contribution < -0.4 is 0 Å². The molecular formula is C25H36N2O2. The van der Waals surface area contributed by atoms with Crippen molar-refractivity contribution in [1.29, 1.82) is 0 Å². The molecule has 3 rings (SSSR count). The third-order valence-corrected chi connectivity index (χ3v) is 6.04. The van der Waals surface area contributed by atoms with Crippen LogP contribution in [0.25, 0.3) is 0 Å². The molecule has 1 aliphatic heterocycles. The number of rotatable bonds is 9. The SMILES string of the molecule is Cc1ccccc1C(OCCOCCN1CC(C)N(C)CC1C)c1ccccc1. The highest BCUT2D eigenvalue weighted by atomic mass is 16.5. The van der Waals surface area contributed by atoms with Gasteiger partial charge in [-0.25, -0.2) is 0 Å². The minimum atomic E-state index is -0.0560. The zero-order valence-corrected chi connectivity index (χ0v) is 18.4. The summed E-state index contributed by atoms with van der Waals surface area (Å²) in [4.78, 5) is 4.97. The number of aryl methyl sites for hydroxylation is 1. The maximum Gasteiger partial charge on any atom is 0.108 e. The lowest BCUT2D eigenvalue weighted by atomic mass is 9.97. The van der Waals surface area contributed by atoms with Crippen molar-refractivity contribution >= 4 is 0 Å². The summed E-state index contributed by atoms with van der Waals surface area (Å²) in [5, 5.41) is 0. The zero-order valence-electron chi connectivity index (χ0n) is 18.4. The standard InChI is InChI=1S/C25H36N2O2/c1-20-10-8-9-13-24(20)25(23-11-6-5-7-12-23)29-17-16-28-15-14-27-19-21(2)26(4)18-22(27)3/h5-13,21-22,25H,14-19H2,1-4H3. The second kappa shape index (κ2) is 10.9. The lowest BCUT2D eigenvalue weighted by molar-refractivity contribution is -0.000844. The maximum absolute atomic E-state index is 6.29.